The molecule has 4 aliphatic rings. The summed E-state index contributed by atoms with van der Waals surface area (Å²) in [7, 11) is 0. The Hall–Kier alpha value is -2.58. The zero-order chi connectivity index (χ0) is 20.8. The summed E-state index contributed by atoms with van der Waals surface area (Å²) in [4.78, 5) is 53.4. The lowest BCUT2D eigenvalue weighted by atomic mass is 9.98. The van der Waals surface area contributed by atoms with Crippen LogP contribution in [0.4, 0.5) is 0 Å². The summed E-state index contributed by atoms with van der Waals surface area (Å²) in [6.07, 6.45) is 5.03. The van der Waals surface area contributed by atoms with E-state index in [-0.39, 0.29) is 18.7 Å². The maximum Gasteiger partial charge on any atom is 0.262 e. The Bertz CT molecular complexity index is 930. The Morgan fingerprint density at radius 2 is 1.80 bits per heavy atom. The van der Waals surface area contributed by atoms with Crippen molar-refractivity contribution in [1.82, 2.24) is 20.4 Å². The van der Waals surface area contributed by atoms with Gasteiger partial charge in [-0.25, -0.2) is 0 Å². The first kappa shape index (κ1) is 19.4. The predicted octanol–water partition coefficient (Wildman–Crippen LogP) is 0.804. The Morgan fingerprint density at radius 3 is 2.63 bits per heavy atom. The van der Waals surface area contributed by atoms with Crippen molar-refractivity contribution >= 4 is 23.6 Å². The van der Waals surface area contributed by atoms with Gasteiger partial charge in [0.2, 0.25) is 11.8 Å². The molecule has 0 spiro atoms. The summed E-state index contributed by atoms with van der Waals surface area (Å²) in [5, 5.41) is 5.96. The molecule has 8 nitrogen and oxygen atoms in total. The van der Waals surface area contributed by atoms with Crippen molar-refractivity contribution in [3.63, 3.8) is 0 Å². The average molecular weight is 410 g/mol. The molecule has 2 bridgehead atoms. The van der Waals surface area contributed by atoms with E-state index in [4.69, 9.17) is 0 Å². The largest absolute Gasteiger partial charge is 0.310 e. The molecule has 1 aromatic carbocycles. The topological polar surface area (TPSA) is 98.8 Å². The second-order valence-corrected chi connectivity index (χ2v) is 8.80. The molecule has 0 aliphatic carbocycles. The van der Waals surface area contributed by atoms with Gasteiger partial charge in [0.25, 0.3) is 11.8 Å². The van der Waals surface area contributed by atoms with Crippen molar-refractivity contribution < 1.29 is 19.2 Å². The molecule has 5 rings (SSSR count). The van der Waals surface area contributed by atoms with Crippen LogP contribution in [-0.4, -0.2) is 64.6 Å². The molecule has 3 unspecified atom stereocenters. The van der Waals surface area contributed by atoms with Gasteiger partial charge in [-0.15, -0.1) is 0 Å². The molecular weight excluding hydrogens is 384 g/mol. The minimum atomic E-state index is -0.926. The summed E-state index contributed by atoms with van der Waals surface area (Å²) in [5.41, 5.74) is 1.60. The number of imide groups is 2. The Balaban J connectivity index is 1.39. The highest BCUT2D eigenvalue weighted by atomic mass is 16.2. The predicted molar refractivity (Wildman–Crippen MR) is 108 cm³/mol. The van der Waals surface area contributed by atoms with Crippen LogP contribution in [0.25, 0.3) is 0 Å². The van der Waals surface area contributed by atoms with Gasteiger partial charge in [-0.3, -0.25) is 34.3 Å². The molecule has 3 atom stereocenters. The van der Waals surface area contributed by atoms with Crippen LogP contribution >= 0.6 is 0 Å². The van der Waals surface area contributed by atoms with E-state index in [9.17, 15) is 19.2 Å². The highest BCUT2D eigenvalue weighted by Gasteiger charge is 2.45. The van der Waals surface area contributed by atoms with E-state index < -0.39 is 23.8 Å². The lowest BCUT2D eigenvalue weighted by Gasteiger charge is -2.29. The molecule has 1 aromatic rings. The smallest absolute Gasteiger partial charge is 0.262 e. The fourth-order valence-corrected chi connectivity index (χ4v) is 5.32. The molecule has 8 heteroatoms. The number of hydrogen-bond donors (Lipinski definition) is 2. The maximum atomic E-state index is 13.3. The number of benzene rings is 1. The molecule has 4 amide bonds. The molecular formula is C22H26N4O4. The van der Waals surface area contributed by atoms with Crippen molar-refractivity contribution in [2.75, 3.05) is 13.1 Å². The van der Waals surface area contributed by atoms with Crippen molar-refractivity contribution in [2.24, 2.45) is 0 Å². The fraction of sp³-hybridized carbons (Fsp3) is 0.545. The molecule has 158 valence electrons. The quantitative estimate of drug-likeness (QED) is 0.716. The number of nitrogens with zero attached hydrogens (tertiary/aromatic N) is 2. The van der Waals surface area contributed by atoms with E-state index in [2.05, 4.69) is 15.5 Å². The maximum absolute atomic E-state index is 13.3. The van der Waals surface area contributed by atoms with Crippen LogP contribution in [0.5, 0.6) is 0 Å². The number of carbonyl (C=O) groups excluding carboxylic acids is 4. The number of carbonyl (C=O) groups is 4. The number of hydrogen-bond acceptors (Lipinski definition) is 6. The number of amides is 4. The number of rotatable bonds is 3. The standard InChI is InChI=1S/C22H26N4O4/c27-18-8-7-17(20(28)24-18)26-21(29)16-6-1-3-13(19(16)22(26)30)11-25-10-9-14-4-2-5-15(12-25)23-14/h1,3,6,14-15,17,23H,2,4-5,7-12H2,(H,24,27,28). The third-order valence-electron chi connectivity index (χ3n) is 6.80. The first-order chi connectivity index (χ1) is 14.5. The Labute approximate surface area is 175 Å². The molecule has 3 fully saturated rings. The first-order valence-electron chi connectivity index (χ1n) is 10.8. The van der Waals surface area contributed by atoms with E-state index in [0.717, 1.165) is 30.0 Å². The number of fused-ring (bicyclic) bond motifs is 3. The van der Waals surface area contributed by atoms with Gasteiger partial charge in [0.05, 0.1) is 11.1 Å². The van der Waals surface area contributed by atoms with E-state index in [1.165, 1.54) is 19.3 Å². The highest BCUT2D eigenvalue weighted by molar-refractivity contribution is 6.24. The van der Waals surface area contributed by atoms with Crippen LogP contribution in [0.2, 0.25) is 0 Å². The second kappa shape index (κ2) is 7.59. The minimum absolute atomic E-state index is 0.125. The van der Waals surface area contributed by atoms with Gasteiger partial charge in [-0.05, 0) is 37.3 Å². The van der Waals surface area contributed by atoms with Crippen molar-refractivity contribution in [3.8, 4) is 0 Å². The second-order valence-electron chi connectivity index (χ2n) is 8.80. The molecule has 0 aromatic heterocycles. The zero-order valence-corrected chi connectivity index (χ0v) is 16.9. The molecule has 0 saturated carbocycles. The third-order valence-corrected chi connectivity index (χ3v) is 6.80. The van der Waals surface area contributed by atoms with Crippen LogP contribution in [0.3, 0.4) is 0 Å². The van der Waals surface area contributed by atoms with E-state index in [1.54, 1.807) is 6.07 Å². The first-order valence-corrected chi connectivity index (χ1v) is 10.8. The molecule has 4 heterocycles. The van der Waals surface area contributed by atoms with Gasteiger partial charge in [-0.2, -0.15) is 0 Å². The third kappa shape index (κ3) is 3.33. The van der Waals surface area contributed by atoms with Gasteiger partial charge in [-0.1, -0.05) is 18.6 Å². The molecule has 30 heavy (non-hydrogen) atoms. The van der Waals surface area contributed by atoms with Crippen LogP contribution in [0.1, 0.15) is 64.8 Å². The van der Waals surface area contributed by atoms with E-state index in [1.807, 2.05) is 12.1 Å². The van der Waals surface area contributed by atoms with Crippen molar-refractivity contribution in [1.29, 1.82) is 0 Å². The van der Waals surface area contributed by atoms with Crippen LogP contribution in [0, 0.1) is 0 Å². The number of piperidine rings is 2. The van der Waals surface area contributed by atoms with Crippen molar-refractivity contribution in [2.45, 2.75) is 63.2 Å². The Morgan fingerprint density at radius 1 is 0.967 bits per heavy atom. The summed E-state index contributed by atoms with van der Waals surface area (Å²) in [5.74, 6) is -1.81. The van der Waals surface area contributed by atoms with Crippen LogP contribution in [0.15, 0.2) is 18.2 Å². The SMILES string of the molecule is O=C1CCC(N2C(=O)c3cccc(CN4CCC5CCCC(C4)N5)c3C2=O)C(=O)N1. The summed E-state index contributed by atoms with van der Waals surface area (Å²) in [6, 6.07) is 5.48. The molecule has 0 radical (unpaired) electrons. The van der Waals surface area contributed by atoms with Gasteiger partial charge in [0.15, 0.2) is 0 Å². The normalized spacial score (nSPS) is 29.6. The lowest BCUT2D eigenvalue weighted by Crippen LogP contribution is -2.54. The monoisotopic (exact) mass is 410 g/mol. The van der Waals surface area contributed by atoms with Crippen molar-refractivity contribution in [3.05, 3.63) is 34.9 Å². The zero-order valence-electron chi connectivity index (χ0n) is 16.9. The molecule has 4 aliphatic heterocycles. The van der Waals surface area contributed by atoms with Crippen LogP contribution < -0.4 is 10.6 Å². The highest BCUT2D eigenvalue weighted by Crippen LogP contribution is 2.31. The summed E-state index contributed by atoms with van der Waals surface area (Å²) >= 11 is 0. The number of nitrogens with one attached hydrogen (secondary N) is 2. The average Bonchev–Trinajstić information content (AvgIpc) is 2.89. The minimum Gasteiger partial charge on any atom is -0.310 e. The Kier molecular flexibility index (Phi) is 4.91. The van der Waals surface area contributed by atoms with Gasteiger partial charge < -0.3 is 5.32 Å². The van der Waals surface area contributed by atoms with Gasteiger partial charge in [0.1, 0.15) is 6.04 Å². The fourth-order valence-electron chi connectivity index (χ4n) is 5.32. The van der Waals surface area contributed by atoms with E-state index >= 15 is 0 Å². The van der Waals surface area contributed by atoms with Crippen LogP contribution in [-0.2, 0) is 16.1 Å². The lowest BCUT2D eigenvalue weighted by molar-refractivity contribution is -0.136. The summed E-state index contributed by atoms with van der Waals surface area (Å²) < 4.78 is 0. The van der Waals surface area contributed by atoms with Gasteiger partial charge >= 0.3 is 0 Å². The van der Waals surface area contributed by atoms with Gasteiger partial charge in [0, 0.05) is 38.1 Å². The molecule has 3 saturated heterocycles. The molecule has 2 N–H and O–H groups in total. The van der Waals surface area contributed by atoms with E-state index in [0.29, 0.717) is 29.8 Å². The summed E-state index contributed by atoms with van der Waals surface area (Å²) in [6.45, 7) is 2.49.